The molecule has 1 aromatic heterocycles. The van der Waals surface area contributed by atoms with Crippen LogP contribution < -0.4 is 9.04 Å². The number of pyridine rings is 1. The van der Waals surface area contributed by atoms with Gasteiger partial charge >= 0.3 is 18.5 Å². The molecule has 3 rings (SSSR count). The number of benzene rings is 2. The predicted octanol–water partition coefficient (Wildman–Crippen LogP) is 5.75. The molecule has 0 amide bonds. The summed E-state index contributed by atoms with van der Waals surface area (Å²) in [5, 5.41) is 8.62. The van der Waals surface area contributed by atoms with E-state index in [1.807, 2.05) is 0 Å². The molecule has 36 heavy (non-hydrogen) atoms. The Morgan fingerprint density at radius 1 is 1.03 bits per heavy atom. The van der Waals surface area contributed by atoms with E-state index in [0.717, 1.165) is 24.3 Å². The van der Waals surface area contributed by atoms with Crippen molar-refractivity contribution in [3.8, 4) is 5.75 Å². The zero-order chi connectivity index (χ0) is 26.9. The number of para-hydroxylation sites is 1. The predicted molar refractivity (Wildman–Crippen MR) is 114 cm³/mol. The van der Waals surface area contributed by atoms with Crippen molar-refractivity contribution in [1.29, 1.82) is 0 Å². The van der Waals surface area contributed by atoms with Crippen molar-refractivity contribution in [1.82, 2.24) is 4.98 Å². The zero-order valence-electron chi connectivity index (χ0n) is 17.5. The van der Waals surface area contributed by atoms with Crippen LogP contribution in [-0.2, 0) is 22.7 Å². The highest BCUT2D eigenvalue weighted by Crippen LogP contribution is 2.37. The number of alkyl halides is 6. The molecule has 0 unspecified atom stereocenters. The molecule has 0 spiro atoms. The Morgan fingerprint density at radius 3 is 2.22 bits per heavy atom. The van der Waals surface area contributed by atoms with Crippen molar-refractivity contribution in [3.05, 3.63) is 82.5 Å². The second-order valence-corrected chi connectivity index (χ2v) is 9.23. The number of hydrogen-bond acceptors (Lipinski definition) is 5. The standard InChI is InChI=1S/C21H13ClF6N2O5S/c22-15-9-13(20(23,24)25)10-29-18(15)30(11-12-5-1-3-7-16(12)35-21(26,27)28)36(33,34)17-8-4-2-6-14(17)19(31)32/h1-10H,11H2,(H,31,32). The molecular formula is C21H13ClF6N2O5S. The van der Waals surface area contributed by atoms with Gasteiger partial charge in [0.05, 0.1) is 22.7 Å². The molecule has 0 bridgehead atoms. The third kappa shape index (κ3) is 5.99. The third-order valence-corrected chi connectivity index (χ3v) is 6.66. The molecule has 15 heteroatoms. The fraction of sp³-hybridized carbons (Fsp3) is 0.143. The van der Waals surface area contributed by atoms with Gasteiger partial charge in [-0.15, -0.1) is 13.2 Å². The normalized spacial score (nSPS) is 12.3. The lowest BCUT2D eigenvalue weighted by Crippen LogP contribution is -2.33. The number of hydrogen-bond donors (Lipinski definition) is 1. The number of aromatic nitrogens is 1. The molecule has 3 aromatic rings. The Bertz CT molecular complexity index is 1400. The quantitative estimate of drug-likeness (QED) is 0.374. The van der Waals surface area contributed by atoms with Crippen LogP contribution in [0.5, 0.6) is 5.75 Å². The number of anilines is 1. The minimum Gasteiger partial charge on any atom is -0.478 e. The van der Waals surface area contributed by atoms with Gasteiger partial charge < -0.3 is 9.84 Å². The molecule has 0 aliphatic carbocycles. The number of ether oxygens (including phenoxy) is 1. The average Bonchev–Trinajstić information content (AvgIpc) is 2.77. The highest BCUT2D eigenvalue weighted by atomic mass is 35.5. The largest absolute Gasteiger partial charge is 0.573 e. The first-order valence-electron chi connectivity index (χ1n) is 9.52. The number of carboxylic acids is 1. The van der Waals surface area contributed by atoms with Crippen molar-refractivity contribution in [2.75, 3.05) is 4.31 Å². The van der Waals surface area contributed by atoms with Gasteiger partial charge in [0.1, 0.15) is 10.6 Å². The number of nitrogens with zero attached hydrogens (tertiary/aromatic N) is 2. The van der Waals surface area contributed by atoms with Crippen LogP contribution in [0.4, 0.5) is 32.2 Å². The summed E-state index contributed by atoms with van der Waals surface area (Å²) in [4.78, 5) is 14.3. The highest BCUT2D eigenvalue weighted by molar-refractivity contribution is 7.92. The summed E-state index contributed by atoms with van der Waals surface area (Å²) in [6.07, 6.45) is -9.76. The summed E-state index contributed by atoms with van der Waals surface area (Å²) in [7, 11) is -4.97. The summed E-state index contributed by atoms with van der Waals surface area (Å²) in [5.41, 5.74) is -2.39. The van der Waals surface area contributed by atoms with Crippen LogP contribution in [0.25, 0.3) is 0 Å². The molecule has 0 aliphatic rings. The van der Waals surface area contributed by atoms with Gasteiger partial charge in [0.2, 0.25) is 0 Å². The molecule has 7 nitrogen and oxygen atoms in total. The van der Waals surface area contributed by atoms with E-state index in [4.69, 9.17) is 11.6 Å². The highest BCUT2D eigenvalue weighted by Gasteiger charge is 2.37. The summed E-state index contributed by atoms with van der Waals surface area (Å²) in [6.45, 7) is -0.958. The molecular weight excluding hydrogens is 542 g/mol. The van der Waals surface area contributed by atoms with Crippen LogP contribution in [0, 0.1) is 0 Å². The Kier molecular flexibility index (Phi) is 7.41. The Hall–Kier alpha value is -3.52. The van der Waals surface area contributed by atoms with Gasteiger partial charge in [-0.2, -0.15) is 13.2 Å². The van der Waals surface area contributed by atoms with E-state index >= 15 is 0 Å². The van der Waals surface area contributed by atoms with E-state index in [1.54, 1.807) is 0 Å². The van der Waals surface area contributed by atoms with Gasteiger partial charge in [0, 0.05) is 11.8 Å². The van der Waals surface area contributed by atoms with Crippen LogP contribution in [0.2, 0.25) is 5.02 Å². The number of sulfonamides is 1. The number of rotatable bonds is 7. The molecule has 0 saturated heterocycles. The van der Waals surface area contributed by atoms with Crippen LogP contribution >= 0.6 is 11.6 Å². The minimum atomic E-state index is -5.15. The average molecular weight is 555 g/mol. The van der Waals surface area contributed by atoms with Crippen LogP contribution in [0.15, 0.2) is 65.7 Å². The van der Waals surface area contributed by atoms with Crippen molar-refractivity contribution < 1.29 is 49.4 Å². The van der Waals surface area contributed by atoms with Gasteiger partial charge in [-0.1, -0.05) is 41.9 Å². The fourth-order valence-corrected chi connectivity index (χ4v) is 4.97. The maximum absolute atomic E-state index is 13.6. The van der Waals surface area contributed by atoms with E-state index in [-0.39, 0.29) is 11.8 Å². The van der Waals surface area contributed by atoms with Gasteiger partial charge in [-0.05, 0) is 24.3 Å². The third-order valence-electron chi connectivity index (χ3n) is 4.58. The fourth-order valence-electron chi connectivity index (χ4n) is 3.04. The maximum Gasteiger partial charge on any atom is 0.573 e. The van der Waals surface area contributed by atoms with Crippen LogP contribution in [0.1, 0.15) is 21.5 Å². The summed E-state index contributed by atoms with van der Waals surface area (Å²) in [5.74, 6) is -3.24. The SMILES string of the molecule is O=C(O)c1ccccc1S(=O)(=O)N(Cc1ccccc1OC(F)(F)F)c1ncc(C(F)(F)F)cc1Cl. The zero-order valence-corrected chi connectivity index (χ0v) is 19.1. The van der Waals surface area contributed by atoms with Gasteiger partial charge in [0.15, 0.2) is 5.82 Å². The Labute approximate surface area is 204 Å². The molecule has 1 heterocycles. The van der Waals surface area contributed by atoms with E-state index < -0.39 is 67.7 Å². The molecule has 0 aliphatic heterocycles. The summed E-state index contributed by atoms with van der Waals surface area (Å²) in [6, 6.07) is 9.04. The monoisotopic (exact) mass is 554 g/mol. The maximum atomic E-state index is 13.6. The van der Waals surface area contributed by atoms with Crippen molar-refractivity contribution in [3.63, 3.8) is 0 Å². The number of halogens is 7. The van der Waals surface area contributed by atoms with E-state index in [1.165, 1.54) is 24.3 Å². The second kappa shape index (κ2) is 9.85. The Morgan fingerprint density at radius 2 is 1.64 bits per heavy atom. The summed E-state index contributed by atoms with van der Waals surface area (Å²) >= 11 is 5.94. The van der Waals surface area contributed by atoms with E-state index in [2.05, 4.69) is 9.72 Å². The lowest BCUT2D eigenvalue weighted by molar-refractivity contribution is -0.274. The van der Waals surface area contributed by atoms with Crippen molar-refractivity contribution in [2.24, 2.45) is 0 Å². The van der Waals surface area contributed by atoms with Crippen LogP contribution in [-0.4, -0.2) is 30.8 Å². The molecule has 0 saturated carbocycles. The first-order chi connectivity index (χ1) is 16.6. The van der Waals surface area contributed by atoms with Crippen molar-refractivity contribution in [2.45, 2.75) is 24.0 Å². The molecule has 0 fully saturated rings. The van der Waals surface area contributed by atoms with E-state index in [9.17, 15) is 44.7 Å². The van der Waals surface area contributed by atoms with Crippen LogP contribution in [0.3, 0.4) is 0 Å². The molecule has 192 valence electrons. The first-order valence-corrected chi connectivity index (χ1v) is 11.3. The smallest absolute Gasteiger partial charge is 0.478 e. The number of aromatic carboxylic acids is 1. The lowest BCUT2D eigenvalue weighted by Gasteiger charge is -2.26. The number of carbonyl (C=O) groups is 1. The first kappa shape index (κ1) is 27.1. The van der Waals surface area contributed by atoms with E-state index in [0.29, 0.717) is 10.4 Å². The second-order valence-electron chi connectivity index (χ2n) is 7.00. The topological polar surface area (TPSA) is 96.8 Å². The Balaban J connectivity index is 2.23. The van der Waals surface area contributed by atoms with Crippen molar-refractivity contribution >= 4 is 33.4 Å². The summed E-state index contributed by atoms with van der Waals surface area (Å²) < 4.78 is 109. The molecule has 0 atom stereocenters. The molecule has 2 aromatic carbocycles. The van der Waals surface area contributed by atoms with Gasteiger partial charge in [0.25, 0.3) is 10.0 Å². The number of carboxylic acid groups (broad SMARTS) is 1. The van der Waals surface area contributed by atoms with Gasteiger partial charge in [-0.25, -0.2) is 22.5 Å². The minimum absolute atomic E-state index is 0.283. The molecule has 0 radical (unpaired) electrons. The lowest BCUT2D eigenvalue weighted by atomic mass is 10.2. The van der Waals surface area contributed by atoms with Gasteiger partial charge in [-0.3, -0.25) is 0 Å². The molecule has 1 N–H and O–H groups in total.